The van der Waals surface area contributed by atoms with Gasteiger partial charge < -0.3 is 24.4 Å². The zero-order valence-electron chi connectivity index (χ0n) is 16.3. The summed E-state index contributed by atoms with van der Waals surface area (Å²) < 4.78 is 16.8. The number of hydrogen-bond acceptors (Lipinski definition) is 5. The van der Waals surface area contributed by atoms with E-state index in [-0.39, 0.29) is 12.0 Å². The fourth-order valence-electron chi connectivity index (χ4n) is 2.63. The summed E-state index contributed by atoms with van der Waals surface area (Å²) in [6, 6.07) is 7.42. The number of benzene rings is 1. The number of amides is 2. The maximum absolute atomic E-state index is 12.7. The number of para-hydroxylation sites is 2. The average Bonchev–Trinajstić information content (AvgIpc) is 2.51. The van der Waals surface area contributed by atoms with Gasteiger partial charge in [-0.1, -0.05) is 12.1 Å². The molecule has 0 spiro atoms. The predicted molar refractivity (Wildman–Crippen MR) is 97.4 cm³/mol. The summed E-state index contributed by atoms with van der Waals surface area (Å²) in [5.41, 5.74) is -1.74. The number of hydrogen-bond donors (Lipinski definition) is 1. The Bertz CT molecular complexity index is 666. The molecule has 1 heterocycles. The van der Waals surface area contributed by atoms with Crippen LogP contribution in [0.1, 0.15) is 34.6 Å². The van der Waals surface area contributed by atoms with Crippen LogP contribution in [0.25, 0.3) is 0 Å². The quantitative estimate of drug-likeness (QED) is 0.889. The third-order valence-electron chi connectivity index (χ3n) is 3.74. The molecule has 1 aromatic rings. The van der Waals surface area contributed by atoms with Crippen LogP contribution in [0.3, 0.4) is 0 Å². The van der Waals surface area contributed by atoms with Gasteiger partial charge in [0, 0.05) is 7.05 Å². The zero-order valence-corrected chi connectivity index (χ0v) is 16.3. The summed E-state index contributed by atoms with van der Waals surface area (Å²) in [6.07, 6.45) is -0.911. The molecule has 1 aliphatic heterocycles. The van der Waals surface area contributed by atoms with E-state index in [4.69, 9.17) is 14.2 Å². The second-order valence-corrected chi connectivity index (χ2v) is 7.94. The lowest BCUT2D eigenvalue weighted by molar-refractivity contribution is -0.137. The summed E-state index contributed by atoms with van der Waals surface area (Å²) in [5.74, 6) is 1.12. The molecule has 0 fully saturated rings. The third-order valence-corrected chi connectivity index (χ3v) is 3.74. The number of rotatable bonds is 4. The monoisotopic (exact) mass is 364 g/mol. The Hall–Kier alpha value is -2.44. The van der Waals surface area contributed by atoms with Crippen molar-refractivity contribution in [1.29, 1.82) is 0 Å². The van der Waals surface area contributed by atoms with Crippen LogP contribution >= 0.6 is 0 Å². The first kappa shape index (κ1) is 19.9. The largest absolute Gasteiger partial charge is 0.486 e. The normalized spacial score (nSPS) is 16.6. The standard InChI is InChI=1S/C19H28N2O5/c1-18(2,3)26-17(23)20-19(4,5)16(22)21(6)11-13-12-24-14-9-7-8-10-15(14)25-13/h7-10,13H,11-12H2,1-6H3,(H,20,23)/t13-/m1/s1. The van der Waals surface area contributed by atoms with Gasteiger partial charge in [0.15, 0.2) is 17.6 Å². The van der Waals surface area contributed by atoms with Crippen molar-refractivity contribution in [3.63, 3.8) is 0 Å². The molecule has 2 amide bonds. The van der Waals surface area contributed by atoms with E-state index in [0.717, 1.165) is 0 Å². The van der Waals surface area contributed by atoms with Crippen LogP contribution in [-0.4, -0.2) is 54.3 Å². The van der Waals surface area contributed by atoms with Gasteiger partial charge in [-0.2, -0.15) is 0 Å². The molecule has 0 unspecified atom stereocenters. The SMILES string of the molecule is CN(C[C@@H]1COc2ccccc2O1)C(=O)C(C)(C)NC(=O)OC(C)(C)C. The lowest BCUT2D eigenvalue weighted by atomic mass is 10.0. The van der Waals surface area contributed by atoms with E-state index in [9.17, 15) is 9.59 Å². The van der Waals surface area contributed by atoms with Crippen molar-refractivity contribution in [3.8, 4) is 11.5 Å². The summed E-state index contributed by atoms with van der Waals surface area (Å²) in [6.45, 7) is 9.29. The lowest BCUT2D eigenvalue weighted by Crippen LogP contribution is -2.57. The highest BCUT2D eigenvalue weighted by atomic mass is 16.6. The maximum atomic E-state index is 12.7. The summed E-state index contributed by atoms with van der Waals surface area (Å²) in [5, 5.41) is 2.62. The molecule has 0 aromatic heterocycles. The first-order valence-corrected chi connectivity index (χ1v) is 8.63. The maximum Gasteiger partial charge on any atom is 0.408 e. The Morgan fingerprint density at radius 2 is 1.81 bits per heavy atom. The van der Waals surface area contributed by atoms with Crippen molar-refractivity contribution in [2.24, 2.45) is 0 Å². The van der Waals surface area contributed by atoms with E-state index in [2.05, 4.69) is 5.32 Å². The highest BCUT2D eigenvalue weighted by Gasteiger charge is 2.35. The molecule has 1 N–H and O–H groups in total. The summed E-state index contributed by atoms with van der Waals surface area (Å²) >= 11 is 0. The highest BCUT2D eigenvalue weighted by molar-refractivity contribution is 5.89. The smallest absolute Gasteiger partial charge is 0.408 e. The molecule has 2 rings (SSSR count). The topological polar surface area (TPSA) is 77.1 Å². The Kier molecular flexibility index (Phi) is 5.68. The average molecular weight is 364 g/mol. The van der Waals surface area contributed by atoms with E-state index >= 15 is 0 Å². The summed E-state index contributed by atoms with van der Waals surface area (Å²) in [7, 11) is 1.67. The van der Waals surface area contributed by atoms with E-state index < -0.39 is 17.2 Å². The second kappa shape index (κ2) is 7.43. The van der Waals surface area contributed by atoms with Gasteiger partial charge in [-0.05, 0) is 46.8 Å². The molecule has 0 saturated carbocycles. The number of carbonyl (C=O) groups is 2. The van der Waals surface area contributed by atoms with Gasteiger partial charge in [0.05, 0.1) is 6.54 Å². The van der Waals surface area contributed by atoms with Crippen molar-refractivity contribution in [1.82, 2.24) is 10.2 Å². The van der Waals surface area contributed by atoms with Gasteiger partial charge in [0.2, 0.25) is 5.91 Å². The van der Waals surface area contributed by atoms with Gasteiger partial charge in [-0.15, -0.1) is 0 Å². The molecular weight excluding hydrogens is 336 g/mol. The number of carbonyl (C=O) groups excluding carboxylic acids is 2. The molecule has 7 nitrogen and oxygen atoms in total. The van der Waals surface area contributed by atoms with Crippen LogP contribution in [0, 0.1) is 0 Å². The van der Waals surface area contributed by atoms with E-state index in [1.807, 2.05) is 24.3 Å². The van der Waals surface area contributed by atoms with E-state index in [1.54, 1.807) is 41.7 Å². The van der Waals surface area contributed by atoms with Crippen molar-refractivity contribution in [3.05, 3.63) is 24.3 Å². The van der Waals surface area contributed by atoms with Crippen LogP contribution in [0.4, 0.5) is 4.79 Å². The molecule has 7 heteroatoms. The molecule has 0 aliphatic carbocycles. The first-order chi connectivity index (χ1) is 12.0. The van der Waals surface area contributed by atoms with Gasteiger partial charge in [-0.3, -0.25) is 4.79 Å². The number of likely N-dealkylation sites (N-methyl/N-ethyl adjacent to an activating group) is 1. The van der Waals surface area contributed by atoms with Gasteiger partial charge in [0.1, 0.15) is 17.7 Å². The number of alkyl carbamates (subject to hydrolysis) is 1. The molecule has 1 aliphatic rings. The van der Waals surface area contributed by atoms with E-state index in [1.165, 1.54) is 4.90 Å². The van der Waals surface area contributed by atoms with Gasteiger partial charge in [0.25, 0.3) is 0 Å². The minimum atomic E-state index is -1.11. The van der Waals surface area contributed by atoms with Gasteiger partial charge in [-0.25, -0.2) is 4.79 Å². The molecular formula is C19H28N2O5. The fraction of sp³-hybridized carbons (Fsp3) is 0.579. The van der Waals surface area contributed by atoms with Crippen molar-refractivity contribution < 1.29 is 23.8 Å². The molecule has 0 bridgehead atoms. The first-order valence-electron chi connectivity index (χ1n) is 8.63. The van der Waals surface area contributed by atoms with Crippen LogP contribution in [-0.2, 0) is 9.53 Å². The highest BCUT2D eigenvalue weighted by Crippen LogP contribution is 2.31. The molecule has 26 heavy (non-hydrogen) atoms. The minimum absolute atomic E-state index is 0.245. The number of nitrogens with one attached hydrogen (secondary N) is 1. The van der Waals surface area contributed by atoms with Crippen molar-refractivity contribution in [2.45, 2.75) is 51.9 Å². The molecule has 0 saturated heterocycles. The molecule has 144 valence electrons. The van der Waals surface area contributed by atoms with Crippen LogP contribution in [0.15, 0.2) is 24.3 Å². The molecule has 0 radical (unpaired) electrons. The third kappa shape index (κ3) is 5.28. The Labute approximate surface area is 154 Å². The van der Waals surface area contributed by atoms with Gasteiger partial charge >= 0.3 is 6.09 Å². The zero-order chi connectivity index (χ0) is 19.5. The number of ether oxygens (including phenoxy) is 3. The Balaban J connectivity index is 1.93. The summed E-state index contributed by atoms with van der Waals surface area (Å²) in [4.78, 5) is 26.3. The Morgan fingerprint density at radius 3 is 2.42 bits per heavy atom. The number of nitrogens with zero attached hydrogens (tertiary/aromatic N) is 1. The second-order valence-electron chi connectivity index (χ2n) is 7.94. The van der Waals surface area contributed by atoms with Crippen LogP contribution < -0.4 is 14.8 Å². The van der Waals surface area contributed by atoms with E-state index in [0.29, 0.717) is 24.7 Å². The van der Waals surface area contributed by atoms with Crippen LogP contribution in [0.5, 0.6) is 11.5 Å². The number of fused-ring (bicyclic) bond motifs is 1. The molecule has 1 atom stereocenters. The predicted octanol–water partition coefficient (Wildman–Crippen LogP) is 2.59. The van der Waals surface area contributed by atoms with Crippen molar-refractivity contribution >= 4 is 12.0 Å². The van der Waals surface area contributed by atoms with Crippen molar-refractivity contribution in [2.75, 3.05) is 20.2 Å². The Morgan fingerprint density at radius 1 is 1.19 bits per heavy atom. The molecule has 1 aromatic carbocycles. The minimum Gasteiger partial charge on any atom is -0.486 e. The van der Waals surface area contributed by atoms with Crippen LogP contribution in [0.2, 0.25) is 0 Å². The lowest BCUT2D eigenvalue weighted by Gasteiger charge is -2.34. The fourth-order valence-corrected chi connectivity index (χ4v) is 2.63.